The van der Waals surface area contributed by atoms with Crippen molar-refractivity contribution in [2.45, 2.75) is 24.8 Å². The topological polar surface area (TPSA) is 140 Å². The van der Waals surface area contributed by atoms with E-state index in [1.165, 1.54) is 18.6 Å². The van der Waals surface area contributed by atoms with Crippen LogP contribution in [0.15, 0.2) is 55.0 Å². The lowest BCUT2D eigenvalue weighted by atomic mass is 9.94. The van der Waals surface area contributed by atoms with Crippen LogP contribution in [0.1, 0.15) is 33.2 Å². The summed E-state index contributed by atoms with van der Waals surface area (Å²) in [5.41, 5.74) is 6.89. The predicted molar refractivity (Wildman–Crippen MR) is 149 cm³/mol. The molecule has 2 unspecified atom stereocenters. The van der Waals surface area contributed by atoms with Gasteiger partial charge in [0.2, 0.25) is 11.8 Å². The third-order valence-electron chi connectivity index (χ3n) is 8.12. The molecule has 15 heteroatoms. The van der Waals surface area contributed by atoms with Crippen LogP contribution in [0.3, 0.4) is 0 Å². The minimum atomic E-state index is -4.73. The number of anilines is 1. The van der Waals surface area contributed by atoms with E-state index in [4.69, 9.17) is 10.00 Å². The van der Waals surface area contributed by atoms with E-state index in [0.29, 0.717) is 31.7 Å². The zero-order valence-electron chi connectivity index (χ0n) is 23.4. The molecule has 3 aliphatic rings. The van der Waals surface area contributed by atoms with Crippen LogP contribution >= 0.6 is 0 Å². The molecule has 3 aliphatic heterocycles. The highest BCUT2D eigenvalue weighted by molar-refractivity contribution is 5.92. The molecule has 6 rings (SSSR count). The number of carbonyl (C=O) groups excluding carboxylic acids is 2. The Hall–Kier alpha value is -4.81. The molecule has 3 aromatic rings. The maximum absolute atomic E-state index is 14.0. The number of alkyl halides is 3. The Morgan fingerprint density at radius 2 is 1.89 bits per heavy atom. The molecule has 228 valence electrons. The van der Waals surface area contributed by atoms with Crippen LogP contribution in [-0.2, 0) is 11.3 Å². The Morgan fingerprint density at radius 1 is 1.09 bits per heavy atom. The Labute approximate surface area is 250 Å². The monoisotopic (exact) mass is 607 g/mol. The average Bonchev–Trinajstić information content (AvgIpc) is 3.41. The van der Waals surface area contributed by atoms with Gasteiger partial charge in [0.05, 0.1) is 24.0 Å². The van der Waals surface area contributed by atoms with Gasteiger partial charge in [-0.2, -0.15) is 18.4 Å². The molecule has 5 heterocycles. The zero-order chi connectivity index (χ0) is 30.8. The SMILES string of the molecule is N#Cc1ccc(N2CCN(C(=O)c3cncc(OC[C@H]4c5ccccc5CN4C4CNNC(=O)C4C(F)(F)F)n3)CC2)nc1. The van der Waals surface area contributed by atoms with Gasteiger partial charge >= 0.3 is 6.18 Å². The molecular weight excluding hydrogens is 579 g/mol. The van der Waals surface area contributed by atoms with Crippen molar-refractivity contribution in [3.63, 3.8) is 0 Å². The van der Waals surface area contributed by atoms with Crippen molar-refractivity contribution < 1.29 is 27.5 Å². The molecule has 1 aromatic carbocycles. The molecule has 2 fully saturated rings. The van der Waals surface area contributed by atoms with Crippen molar-refractivity contribution in [2.75, 3.05) is 44.2 Å². The number of aromatic nitrogens is 3. The molecule has 2 saturated heterocycles. The van der Waals surface area contributed by atoms with Gasteiger partial charge in [0.25, 0.3) is 5.91 Å². The highest BCUT2D eigenvalue weighted by atomic mass is 19.4. The van der Waals surface area contributed by atoms with Crippen molar-refractivity contribution in [2.24, 2.45) is 5.92 Å². The van der Waals surface area contributed by atoms with Crippen molar-refractivity contribution in [3.05, 3.63) is 77.4 Å². The number of carbonyl (C=O) groups is 2. The van der Waals surface area contributed by atoms with Crippen LogP contribution in [-0.4, -0.2) is 88.1 Å². The van der Waals surface area contributed by atoms with E-state index in [2.05, 4.69) is 25.8 Å². The van der Waals surface area contributed by atoms with E-state index in [1.54, 1.807) is 28.0 Å². The van der Waals surface area contributed by atoms with E-state index >= 15 is 0 Å². The second-order valence-electron chi connectivity index (χ2n) is 10.7. The number of ether oxygens (including phenoxy) is 1. The van der Waals surface area contributed by atoms with E-state index < -0.39 is 30.1 Å². The highest BCUT2D eigenvalue weighted by Gasteiger charge is 2.55. The number of nitrogens with one attached hydrogen (secondary N) is 2. The molecule has 2 aromatic heterocycles. The lowest BCUT2D eigenvalue weighted by Gasteiger charge is -2.40. The standard InChI is InChI=1S/C29H28F3N9O3/c30-29(31,32)26-22(14-36-38-27(26)42)41-16-19-3-1-2-4-20(19)23(41)17-44-25-15-34-13-21(37-25)28(43)40-9-7-39(8-10-40)24-6-5-18(11-33)12-35-24/h1-6,12-13,15,22-23,26,36H,7-10,14,16-17H2,(H,38,42)/t22?,23-,26?/m0/s1. The summed E-state index contributed by atoms with van der Waals surface area (Å²) in [4.78, 5) is 43.7. The Morgan fingerprint density at radius 3 is 2.61 bits per heavy atom. The van der Waals surface area contributed by atoms with Crippen LogP contribution in [0.25, 0.3) is 0 Å². The smallest absolute Gasteiger partial charge is 0.402 e. The summed E-state index contributed by atoms with van der Waals surface area (Å²) >= 11 is 0. The van der Waals surface area contributed by atoms with E-state index in [1.807, 2.05) is 29.2 Å². The van der Waals surface area contributed by atoms with Crippen LogP contribution in [0, 0.1) is 17.2 Å². The normalized spacial score (nSPS) is 22.2. The Kier molecular flexibility index (Phi) is 8.02. The number of amides is 2. The number of benzene rings is 1. The first kappa shape index (κ1) is 29.3. The molecule has 0 radical (unpaired) electrons. The van der Waals surface area contributed by atoms with Crippen molar-refractivity contribution >= 4 is 17.6 Å². The van der Waals surface area contributed by atoms with Gasteiger partial charge < -0.3 is 14.5 Å². The summed E-state index contributed by atoms with van der Waals surface area (Å²) in [6.45, 7) is 1.97. The average molecular weight is 608 g/mol. The molecule has 0 spiro atoms. The number of fused-ring (bicyclic) bond motifs is 1. The third-order valence-corrected chi connectivity index (χ3v) is 8.12. The van der Waals surface area contributed by atoms with Crippen LogP contribution in [0.4, 0.5) is 19.0 Å². The lowest BCUT2D eigenvalue weighted by molar-refractivity contribution is -0.202. The van der Waals surface area contributed by atoms with Crippen LogP contribution in [0.5, 0.6) is 5.88 Å². The van der Waals surface area contributed by atoms with Crippen LogP contribution < -0.4 is 20.5 Å². The van der Waals surface area contributed by atoms with Crippen molar-refractivity contribution in [1.82, 2.24) is 35.6 Å². The number of halogens is 3. The number of hydrogen-bond donors (Lipinski definition) is 2. The summed E-state index contributed by atoms with van der Waals surface area (Å²) < 4.78 is 47.9. The van der Waals surface area contributed by atoms with E-state index in [0.717, 1.165) is 16.9 Å². The molecule has 12 nitrogen and oxygen atoms in total. The number of pyridine rings is 1. The number of rotatable bonds is 6. The largest absolute Gasteiger partial charge is 0.475 e. The van der Waals surface area contributed by atoms with E-state index in [-0.39, 0.29) is 37.2 Å². The first-order valence-corrected chi connectivity index (χ1v) is 14.0. The summed E-state index contributed by atoms with van der Waals surface area (Å²) in [5.74, 6) is -2.88. The third kappa shape index (κ3) is 5.86. The second kappa shape index (κ2) is 12.1. The fraction of sp³-hybridized carbons (Fsp3) is 0.379. The Balaban J connectivity index is 1.13. The van der Waals surface area contributed by atoms with Crippen molar-refractivity contribution in [3.8, 4) is 11.9 Å². The van der Waals surface area contributed by atoms with Crippen molar-refractivity contribution in [1.29, 1.82) is 5.26 Å². The fourth-order valence-corrected chi connectivity index (χ4v) is 5.94. The molecule has 3 atom stereocenters. The number of hydrogen-bond acceptors (Lipinski definition) is 10. The number of nitriles is 1. The van der Waals surface area contributed by atoms with Gasteiger partial charge in [0.15, 0.2) is 11.6 Å². The summed E-state index contributed by atoms with van der Waals surface area (Å²) in [7, 11) is 0. The maximum atomic E-state index is 14.0. The molecule has 44 heavy (non-hydrogen) atoms. The first-order valence-electron chi connectivity index (χ1n) is 14.0. The maximum Gasteiger partial charge on any atom is 0.402 e. The molecule has 0 saturated carbocycles. The number of nitrogens with zero attached hydrogens (tertiary/aromatic N) is 7. The lowest BCUT2D eigenvalue weighted by Crippen LogP contribution is -2.64. The van der Waals surface area contributed by atoms with Gasteiger partial charge in [-0.3, -0.25) is 24.9 Å². The molecule has 0 aliphatic carbocycles. The number of hydrazine groups is 1. The summed E-state index contributed by atoms with van der Waals surface area (Å²) in [6, 6.07) is 11.0. The van der Waals surface area contributed by atoms with Gasteiger partial charge in [0.1, 0.15) is 18.5 Å². The van der Waals surface area contributed by atoms with Gasteiger partial charge in [-0.05, 0) is 23.3 Å². The van der Waals surface area contributed by atoms with E-state index in [9.17, 15) is 22.8 Å². The molecule has 0 bridgehead atoms. The molecular formula is C29H28F3N9O3. The minimum absolute atomic E-state index is 0.0625. The Bertz CT molecular complexity index is 1570. The van der Waals surface area contributed by atoms with Gasteiger partial charge in [0, 0.05) is 51.5 Å². The van der Waals surface area contributed by atoms with Crippen LogP contribution in [0.2, 0.25) is 0 Å². The fourth-order valence-electron chi connectivity index (χ4n) is 5.94. The quantitative estimate of drug-likeness (QED) is 0.427. The van der Waals surface area contributed by atoms with Gasteiger partial charge in [-0.1, -0.05) is 24.3 Å². The van der Waals surface area contributed by atoms with Gasteiger partial charge in [-0.15, -0.1) is 0 Å². The highest BCUT2D eigenvalue weighted by Crippen LogP contribution is 2.41. The second-order valence-corrected chi connectivity index (χ2v) is 10.7. The number of piperazine rings is 1. The molecule has 2 amide bonds. The zero-order valence-corrected chi connectivity index (χ0v) is 23.4. The van der Waals surface area contributed by atoms with Gasteiger partial charge in [-0.25, -0.2) is 15.4 Å². The first-order chi connectivity index (χ1) is 21.2. The molecule has 2 N–H and O–H groups in total. The predicted octanol–water partition coefficient (Wildman–Crippen LogP) is 1.82. The summed E-state index contributed by atoms with van der Waals surface area (Å²) in [5, 5.41) is 8.98. The summed E-state index contributed by atoms with van der Waals surface area (Å²) in [6.07, 6.45) is -0.526. The minimum Gasteiger partial charge on any atom is -0.475 e.